The van der Waals surface area contributed by atoms with E-state index in [-0.39, 0.29) is 10.0 Å². The Hall–Kier alpha value is -3.70. The van der Waals surface area contributed by atoms with Crippen molar-refractivity contribution in [3.8, 4) is 5.75 Å². The van der Waals surface area contributed by atoms with Crippen LogP contribution in [-0.2, 0) is 10.0 Å². The lowest BCUT2D eigenvalue weighted by atomic mass is 10.2. The number of hydrogen-bond acceptors (Lipinski definition) is 6. The van der Waals surface area contributed by atoms with Crippen LogP contribution in [0, 0.1) is 5.82 Å². The minimum atomic E-state index is -3.80. The number of benzene rings is 3. The highest BCUT2D eigenvalue weighted by molar-refractivity contribution is 7.93. The molecular weight excluding hydrogens is 455 g/mol. The van der Waals surface area contributed by atoms with Crippen molar-refractivity contribution >= 4 is 54.1 Å². The Morgan fingerprint density at radius 1 is 1.00 bits per heavy atom. The van der Waals surface area contributed by atoms with Crippen LogP contribution in [0.2, 0.25) is 0 Å². The number of nitrogens with one attached hydrogen (secondary N) is 3. The van der Waals surface area contributed by atoms with Crippen LogP contribution in [0.25, 0.3) is 10.2 Å². The summed E-state index contributed by atoms with van der Waals surface area (Å²) in [6.45, 7) is 0. The number of halogens is 1. The molecule has 1 heterocycles. The Bertz CT molecular complexity index is 1370. The number of carbonyl (C=O) groups excluding carboxylic acids is 1. The second-order valence-electron chi connectivity index (χ2n) is 6.55. The third-order valence-corrected chi connectivity index (χ3v) is 6.72. The molecule has 3 aromatic carbocycles. The summed E-state index contributed by atoms with van der Waals surface area (Å²) < 4.78 is 46.6. The quantitative estimate of drug-likeness (QED) is 0.370. The van der Waals surface area contributed by atoms with Crippen LogP contribution in [-0.4, -0.2) is 26.5 Å². The molecule has 0 unspecified atom stereocenters. The van der Waals surface area contributed by atoms with Gasteiger partial charge in [-0.05, 0) is 42.5 Å². The third-order valence-electron chi connectivity index (χ3n) is 4.32. The molecule has 0 aliphatic carbocycles. The van der Waals surface area contributed by atoms with Crippen molar-refractivity contribution < 1.29 is 22.3 Å². The lowest BCUT2D eigenvalue weighted by Gasteiger charge is -2.09. The molecule has 0 bridgehead atoms. The minimum absolute atomic E-state index is 0.117. The van der Waals surface area contributed by atoms with Gasteiger partial charge in [-0.2, -0.15) is 0 Å². The summed E-state index contributed by atoms with van der Waals surface area (Å²) in [5.41, 5.74) is 1.29. The van der Waals surface area contributed by atoms with Crippen molar-refractivity contribution in [2.45, 2.75) is 4.90 Å². The molecule has 8 nitrogen and oxygen atoms in total. The van der Waals surface area contributed by atoms with Gasteiger partial charge >= 0.3 is 6.03 Å². The molecule has 3 N–H and O–H groups in total. The van der Waals surface area contributed by atoms with Crippen molar-refractivity contribution in [2.24, 2.45) is 0 Å². The van der Waals surface area contributed by atoms with Crippen molar-refractivity contribution in [1.82, 2.24) is 4.98 Å². The molecule has 0 fully saturated rings. The number of rotatable bonds is 6. The number of hydrogen-bond donors (Lipinski definition) is 3. The third kappa shape index (κ3) is 4.79. The molecule has 0 aliphatic heterocycles. The Morgan fingerprint density at radius 3 is 2.38 bits per heavy atom. The van der Waals surface area contributed by atoms with Gasteiger partial charge in [-0.25, -0.2) is 22.6 Å². The molecule has 164 valence electrons. The molecule has 0 saturated carbocycles. The Morgan fingerprint density at radius 2 is 1.69 bits per heavy atom. The van der Waals surface area contributed by atoms with E-state index in [0.717, 1.165) is 11.3 Å². The second kappa shape index (κ2) is 8.81. The van der Waals surface area contributed by atoms with Gasteiger partial charge in [0.1, 0.15) is 17.1 Å². The molecular formula is C21H17FN4O4S2. The Balaban J connectivity index is 1.57. The zero-order valence-corrected chi connectivity index (χ0v) is 18.3. The number of thiazole rings is 1. The molecule has 0 atom stereocenters. The van der Waals surface area contributed by atoms with Crippen molar-refractivity contribution in [3.63, 3.8) is 0 Å². The summed E-state index contributed by atoms with van der Waals surface area (Å²) in [7, 11) is -2.35. The first kappa shape index (κ1) is 21.5. The van der Waals surface area contributed by atoms with Gasteiger partial charge < -0.3 is 15.4 Å². The number of urea groups is 1. The summed E-state index contributed by atoms with van der Waals surface area (Å²) in [6.07, 6.45) is 0. The van der Waals surface area contributed by atoms with Crippen LogP contribution in [0.3, 0.4) is 0 Å². The number of ether oxygens (including phenoxy) is 1. The maximum Gasteiger partial charge on any atom is 0.323 e. The molecule has 0 radical (unpaired) electrons. The van der Waals surface area contributed by atoms with Gasteiger partial charge in [-0.1, -0.05) is 29.5 Å². The van der Waals surface area contributed by atoms with Crippen molar-refractivity contribution in [2.75, 3.05) is 22.5 Å². The number of amides is 2. The molecule has 0 aliphatic rings. The van der Waals surface area contributed by atoms with E-state index in [1.807, 2.05) is 0 Å². The first-order chi connectivity index (χ1) is 15.3. The fourth-order valence-electron chi connectivity index (χ4n) is 2.87. The van der Waals surface area contributed by atoms with Crippen LogP contribution in [0.1, 0.15) is 0 Å². The lowest BCUT2D eigenvalue weighted by molar-refractivity contribution is 0.262. The summed E-state index contributed by atoms with van der Waals surface area (Å²) >= 11 is 1.10. The van der Waals surface area contributed by atoms with Gasteiger partial charge in [0.25, 0.3) is 10.0 Å². The van der Waals surface area contributed by atoms with Crippen molar-refractivity contribution in [1.29, 1.82) is 0 Å². The number of methoxy groups -OCH3 is 1. The average Bonchev–Trinajstić information content (AvgIpc) is 3.17. The predicted molar refractivity (Wildman–Crippen MR) is 122 cm³/mol. The highest BCUT2D eigenvalue weighted by Gasteiger charge is 2.18. The number of carbonyl (C=O) groups is 1. The Labute approximate surface area is 187 Å². The number of sulfonamides is 1. The molecule has 4 rings (SSSR count). The highest BCUT2D eigenvalue weighted by Crippen LogP contribution is 2.36. The molecule has 32 heavy (non-hydrogen) atoms. The zero-order valence-electron chi connectivity index (χ0n) is 16.6. The fraction of sp³-hybridized carbons (Fsp3) is 0.0476. The molecule has 11 heteroatoms. The van der Waals surface area contributed by atoms with Gasteiger partial charge in [0, 0.05) is 17.4 Å². The van der Waals surface area contributed by atoms with E-state index in [1.54, 1.807) is 30.3 Å². The lowest BCUT2D eigenvalue weighted by Crippen LogP contribution is -2.19. The van der Waals surface area contributed by atoms with Gasteiger partial charge in [-0.15, -0.1) is 0 Å². The average molecular weight is 473 g/mol. The molecule has 0 saturated heterocycles. The summed E-state index contributed by atoms with van der Waals surface area (Å²) in [5, 5.41) is 5.43. The maximum absolute atomic E-state index is 13.0. The van der Waals surface area contributed by atoms with E-state index < -0.39 is 21.9 Å². The number of nitrogens with zero attached hydrogens (tertiary/aromatic N) is 1. The molecule has 0 spiro atoms. The number of aromatic nitrogens is 1. The standard InChI is InChI=1S/C21H17FN4O4S2/c1-30-17-11-15(24-20(27)23-14-9-7-13(22)8-10-14)12-18-19(17)25-21(31-18)26-32(28,29)16-5-3-2-4-6-16/h2-12H,1H3,(H,25,26)(H2,23,24,27). The normalized spacial score (nSPS) is 11.2. The van der Waals surface area contributed by atoms with Crippen LogP contribution in [0.4, 0.5) is 25.7 Å². The van der Waals surface area contributed by atoms with Gasteiger partial charge in [0.05, 0.1) is 16.7 Å². The van der Waals surface area contributed by atoms with Crippen LogP contribution in [0.5, 0.6) is 5.75 Å². The van der Waals surface area contributed by atoms with Crippen LogP contribution < -0.4 is 20.1 Å². The van der Waals surface area contributed by atoms with E-state index in [2.05, 4.69) is 20.3 Å². The summed E-state index contributed by atoms with van der Waals surface area (Å²) in [5.74, 6) is -0.0453. The van der Waals surface area contributed by atoms with Crippen molar-refractivity contribution in [3.05, 3.63) is 72.5 Å². The SMILES string of the molecule is COc1cc(NC(=O)Nc2ccc(F)cc2)cc2sc(NS(=O)(=O)c3ccccc3)nc12. The van der Waals surface area contributed by atoms with Crippen LogP contribution >= 0.6 is 11.3 Å². The topological polar surface area (TPSA) is 109 Å². The highest BCUT2D eigenvalue weighted by atomic mass is 32.2. The predicted octanol–water partition coefficient (Wildman–Crippen LogP) is 4.89. The van der Waals surface area contributed by atoms with E-state index >= 15 is 0 Å². The Kier molecular flexibility index (Phi) is 5.93. The van der Waals surface area contributed by atoms with E-state index in [1.165, 1.54) is 43.5 Å². The molecule has 1 aromatic heterocycles. The summed E-state index contributed by atoms with van der Waals surface area (Å²) in [6, 6.07) is 16.0. The first-order valence-corrected chi connectivity index (χ1v) is 11.5. The smallest absolute Gasteiger partial charge is 0.323 e. The first-order valence-electron chi connectivity index (χ1n) is 9.24. The van der Waals surface area contributed by atoms with Gasteiger partial charge in [-0.3, -0.25) is 4.72 Å². The van der Waals surface area contributed by atoms with E-state index in [9.17, 15) is 17.6 Å². The van der Waals surface area contributed by atoms with Crippen LogP contribution in [0.15, 0.2) is 71.6 Å². The molecule has 4 aromatic rings. The number of anilines is 3. The molecule has 2 amide bonds. The fourth-order valence-corrected chi connectivity index (χ4v) is 5.05. The zero-order chi connectivity index (χ0) is 22.7. The summed E-state index contributed by atoms with van der Waals surface area (Å²) in [4.78, 5) is 16.7. The van der Waals surface area contributed by atoms with E-state index in [4.69, 9.17) is 4.74 Å². The van der Waals surface area contributed by atoms with Gasteiger partial charge in [0.15, 0.2) is 5.13 Å². The van der Waals surface area contributed by atoms with E-state index in [0.29, 0.717) is 27.3 Å². The maximum atomic E-state index is 13.0. The van der Waals surface area contributed by atoms with Gasteiger partial charge in [0.2, 0.25) is 0 Å². The number of fused-ring (bicyclic) bond motifs is 1. The minimum Gasteiger partial charge on any atom is -0.494 e. The monoisotopic (exact) mass is 472 g/mol. The largest absolute Gasteiger partial charge is 0.494 e. The second-order valence-corrected chi connectivity index (χ2v) is 9.26.